The van der Waals surface area contributed by atoms with Crippen LogP contribution in [0.25, 0.3) is 0 Å². The summed E-state index contributed by atoms with van der Waals surface area (Å²) in [5.74, 6) is 0. The van der Waals surface area contributed by atoms with Gasteiger partial charge in [0.1, 0.15) is 0 Å². The van der Waals surface area contributed by atoms with Crippen molar-refractivity contribution in [3.63, 3.8) is 0 Å². The van der Waals surface area contributed by atoms with Crippen molar-refractivity contribution in [2.45, 2.75) is 67.4 Å². The first-order valence-corrected chi connectivity index (χ1v) is 8.80. The fraction of sp³-hybridized carbons (Fsp3) is 0.545. The summed E-state index contributed by atoms with van der Waals surface area (Å²) in [6.45, 7) is 16.1. The zero-order chi connectivity index (χ0) is 17.5. The molecule has 1 heteroatoms. The minimum atomic E-state index is 0.187. The van der Waals surface area contributed by atoms with E-state index in [0.29, 0.717) is 0 Å². The van der Waals surface area contributed by atoms with Crippen LogP contribution in [0.3, 0.4) is 0 Å². The van der Waals surface area contributed by atoms with Crippen LogP contribution >= 0.6 is 0 Å². The second kappa shape index (κ2) is 9.08. The van der Waals surface area contributed by atoms with Crippen LogP contribution in [0.1, 0.15) is 61.3 Å². The van der Waals surface area contributed by atoms with Crippen LogP contribution in [0, 0.1) is 5.41 Å². The molecule has 128 valence electrons. The molecule has 1 nitrogen and oxygen atoms in total. The smallest absolute Gasteiger partial charge is 0.0757 e. The topological polar surface area (TPSA) is 9.23 Å². The van der Waals surface area contributed by atoms with E-state index in [2.05, 4.69) is 78.0 Å². The Labute approximate surface area is 143 Å². The Hall–Kier alpha value is -1.34. The number of ether oxygens (including phenoxy) is 1. The summed E-state index contributed by atoms with van der Waals surface area (Å²) in [7, 11) is 0. The van der Waals surface area contributed by atoms with Gasteiger partial charge in [-0.1, -0.05) is 61.4 Å². The Kier molecular flexibility index (Phi) is 7.78. The van der Waals surface area contributed by atoms with Gasteiger partial charge in [-0.05, 0) is 64.0 Å². The Balaban J connectivity index is 2.79. The molecule has 1 aliphatic carbocycles. The highest BCUT2D eigenvalue weighted by molar-refractivity contribution is 5.40. The monoisotopic (exact) mass is 314 g/mol. The van der Waals surface area contributed by atoms with Gasteiger partial charge >= 0.3 is 0 Å². The average Bonchev–Trinajstić information content (AvgIpc) is 2.46. The first-order valence-electron chi connectivity index (χ1n) is 8.80. The predicted molar refractivity (Wildman–Crippen MR) is 103 cm³/mol. The zero-order valence-electron chi connectivity index (χ0n) is 16.1. The number of rotatable bonds is 6. The predicted octanol–water partition coefficient (Wildman–Crippen LogP) is 6.55. The average molecular weight is 315 g/mol. The highest BCUT2D eigenvalue weighted by Gasteiger charge is 2.26. The van der Waals surface area contributed by atoms with Gasteiger partial charge in [-0.25, -0.2) is 0 Å². The van der Waals surface area contributed by atoms with Crippen LogP contribution in [-0.4, -0.2) is 12.7 Å². The van der Waals surface area contributed by atoms with E-state index in [4.69, 9.17) is 4.74 Å². The standard InChI is InChI=1S/C22H34O/c1-8-23-20(5)18(3)12-9-11-17(2)14-15-21-19(4)13-10-16-22(21,6)7/h9,11-15,20H,8,10,16H2,1-7H3/b11-9+,17-14+,18-12+,21-15-. The molecular weight excluding hydrogens is 280 g/mol. The van der Waals surface area contributed by atoms with Gasteiger partial charge in [-0.15, -0.1) is 0 Å². The molecule has 1 rings (SSSR count). The Morgan fingerprint density at radius 2 is 2.00 bits per heavy atom. The maximum absolute atomic E-state index is 5.59. The van der Waals surface area contributed by atoms with Crippen molar-refractivity contribution in [2.24, 2.45) is 5.41 Å². The molecule has 0 saturated carbocycles. The van der Waals surface area contributed by atoms with E-state index in [9.17, 15) is 0 Å². The number of hydrogen-bond acceptors (Lipinski definition) is 1. The number of hydrogen-bond donors (Lipinski definition) is 0. The molecule has 1 atom stereocenters. The first kappa shape index (κ1) is 19.7. The van der Waals surface area contributed by atoms with Crippen LogP contribution in [0.5, 0.6) is 0 Å². The minimum absolute atomic E-state index is 0.187. The van der Waals surface area contributed by atoms with Gasteiger partial charge in [0.2, 0.25) is 0 Å². The molecule has 0 heterocycles. The van der Waals surface area contributed by atoms with E-state index in [1.807, 2.05) is 6.92 Å². The van der Waals surface area contributed by atoms with Gasteiger partial charge in [0.15, 0.2) is 0 Å². The molecule has 0 saturated heterocycles. The summed E-state index contributed by atoms with van der Waals surface area (Å²) in [5, 5.41) is 0. The Morgan fingerprint density at radius 3 is 2.61 bits per heavy atom. The first-order chi connectivity index (χ1) is 10.8. The van der Waals surface area contributed by atoms with Gasteiger partial charge in [0, 0.05) is 6.61 Å². The highest BCUT2D eigenvalue weighted by Crippen LogP contribution is 2.40. The van der Waals surface area contributed by atoms with Crippen molar-refractivity contribution >= 4 is 0 Å². The van der Waals surface area contributed by atoms with E-state index < -0.39 is 0 Å². The van der Waals surface area contributed by atoms with E-state index in [1.54, 1.807) is 0 Å². The summed E-state index contributed by atoms with van der Waals surface area (Å²) < 4.78 is 5.59. The van der Waals surface area contributed by atoms with E-state index >= 15 is 0 Å². The maximum atomic E-state index is 5.59. The van der Waals surface area contributed by atoms with Crippen LogP contribution in [0.2, 0.25) is 0 Å². The Bertz CT molecular complexity index is 538. The van der Waals surface area contributed by atoms with Gasteiger partial charge in [0.25, 0.3) is 0 Å². The molecule has 0 amide bonds. The van der Waals surface area contributed by atoms with Crippen molar-refractivity contribution < 1.29 is 4.74 Å². The second-order valence-electron chi connectivity index (χ2n) is 7.17. The molecule has 0 bridgehead atoms. The van der Waals surface area contributed by atoms with Crippen LogP contribution in [0.15, 0.2) is 58.7 Å². The summed E-state index contributed by atoms with van der Waals surface area (Å²) in [5.41, 5.74) is 5.69. The summed E-state index contributed by atoms with van der Waals surface area (Å²) in [6.07, 6.45) is 15.9. The second-order valence-corrected chi connectivity index (χ2v) is 7.17. The number of allylic oxidation sites excluding steroid dienone is 9. The lowest BCUT2D eigenvalue weighted by Crippen LogP contribution is -2.18. The molecule has 0 aromatic carbocycles. The highest BCUT2D eigenvalue weighted by atomic mass is 16.5. The molecule has 0 aromatic rings. The van der Waals surface area contributed by atoms with E-state index in [0.717, 1.165) is 6.61 Å². The lowest BCUT2D eigenvalue weighted by Gasteiger charge is -2.32. The quantitative estimate of drug-likeness (QED) is 0.505. The third-order valence-corrected chi connectivity index (χ3v) is 4.66. The van der Waals surface area contributed by atoms with Crippen molar-refractivity contribution in [3.8, 4) is 0 Å². The third kappa shape index (κ3) is 6.35. The van der Waals surface area contributed by atoms with Gasteiger partial charge in [-0.2, -0.15) is 0 Å². The molecule has 0 spiro atoms. The van der Waals surface area contributed by atoms with Crippen LogP contribution < -0.4 is 0 Å². The summed E-state index contributed by atoms with van der Waals surface area (Å²) in [6, 6.07) is 0. The molecule has 1 aliphatic rings. The zero-order valence-corrected chi connectivity index (χ0v) is 16.1. The Morgan fingerprint density at radius 1 is 1.30 bits per heavy atom. The van der Waals surface area contributed by atoms with Crippen molar-refractivity contribution in [3.05, 3.63) is 58.7 Å². The molecule has 1 unspecified atom stereocenters. The molecular formula is C22H34O. The van der Waals surface area contributed by atoms with Crippen LogP contribution in [0.4, 0.5) is 0 Å². The van der Waals surface area contributed by atoms with Crippen LogP contribution in [-0.2, 0) is 4.74 Å². The van der Waals surface area contributed by atoms with Gasteiger partial charge in [-0.3, -0.25) is 0 Å². The molecule has 0 aromatic heterocycles. The lowest BCUT2D eigenvalue weighted by molar-refractivity contribution is 0.101. The van der Waals surface area contributed by atoms with Gasteiger partial charge in [0.05, 0.1) is 6.10 Å². The molecule has 0 aliphatic heterocycles. The minimum Gasteiger partial charge on any atom is -0.374 e. The lowest BCUT2D eigenvalue weighted by atomic mass is 9.73. The molecule has 23 heavy (non-hydrogen) atoms. The fourth-order valence-electron chi connectivity index (χ4n) is 2.92. The maximum Gasteiger partial charge on any atom is 0.0757 e. The van der Waals surface area contributed by atoms with Crippen molar-refractivity contribution in [1.82, 2.24) is 0 Å². The van der Waals surface area contributed by atoms with E-state index in [1.165, 1.54) is 35.1 Å². The van der Waals surface area contributed by atoms with Gasteiger partial charge < -0.3 is 4.74 Å². The molecule has 0 fully saturated rings. The fourth-order valence-corrected chi connectivity index (χ4v) is 2.92. The molecule has 0 N–H and O–H groups in total. The molecule has 0 radical (unpaired) electrons. The van der Waals surface area contributed by atoms with Crippen molar-refractivity contribution in [1.29, 1.82) is 0 Å². The van der Waals surface area contributed by atoms with E-state index in [-0.39, 0.29) is 11.5 Å². The SMILES string of the molecule is CCOC(C)/C(C)=C/C=C/C(C)=C/C=C1/C(C)=CCCC1(C)C. The van der Waals surface area contributed by atoms with Crippen molar-refractivity contribution in [2.75, 3.05) is 6.61 Å². The largest absolute Gasteiger partial charge is 0.374 e. The third-order valence-electron chi connectivity index (χ3n) is 4.66. The summed E-state index contributed by atoms with van der Waals surface area (Å²) in [4.78, 5) is 0. The normalized spacial score (nSPS) is 22.6. The summed E-state index contributed by atoms with van der Waals surface area (Å²) >= 11 is 0.